The Morgan fingerprint density at radius 2 is 1.89 bits per heavy atom. The summed E-state index contributed by atoms with van der Waals surface area (Å²) < 4.78 is 38.1. The van der Waals surface area contributed by atoms with Crippen molar-refractivity contribution in [3.05, 3.63) is 18.0 Å². The van der Waals surface area contributed by atoms with Crippen LogP contribution in [0.2, 0.25) is 0 Å². The monoisotopic (exact) mass is 273 g/mol. The van der Waals surface area contributed by atoms with Gasteiger partial charge in [0.05, 0.1) is 17.6 Å². The number of pyridine rings is 1. The van der Waals surface area contributed by atoms with Gasteiger partial charge in [-0.1, -0.05) is 19.3 Å². The fourth-order valence-corrected chi connectivity index (χ4v) is 2.58. The third-order valence-electron chi connectivity index (χ3n) is 3.70. The van der Waals surface area contributed by atoms with Gasteiger partial charge in [0.1, 0.15) is 5.69 Å². The topological polar surface area (TPSA) is 42.2 Å². The van der Waals surface area contributed by atoms with Crippen molar-refractivity contribution in [2.45, 2.75) is 44.3 Å². The van der Waals surface area contributed by atoms with Gasteiger partial charge in [-0.15, -0.1) is 0 Å². The van der Waals surface area contributed by atoms with Crippen molar-refractivity contribution in [1.82, 2.24) is 4.98 Å². The minimum Gasteiger partial charge on any atom is -0.396 e. The molecule has 0 aromatic carbocycles. The van der Waals surface area contributed by atoms with Crippen molar-refractivity contribution in [2.75, 3.05) is 17.7 Å². The number of nitrogens with two attached hydrogens (primary N) is 1. The van der Waals surface area contributed by atoms with Crippen LogP contribution >= 0.6 is 0 Å². The fraction of sp³-hybridized carbons (Fsp3) is 0.615. The zero-order valence-corrected chi connectivity index (χ0v) is 10.9. The molecule has 1 fully saturated rings. The van der Waals surface area contributed by atoms with Gasteiger partial charge in [0.2, 0.25) is 0 Å². The van der Waals surface area contributed by atoms with Gasteiger partial charge in [-0.25, -0.2) is 4.98 Å². The van der Waals surface area contributed by atoms with Crippen molar-refractivity contribution in [3.8, 4) is 0 Å². The minimum atomic E-state index is -4.43. The Kier molecular flexibility index (Phi) is 3.87. The van der Waals surface area contributed by atoms with E-state index in [1.807, 2.05) is 11.9 Å². The van der Waals surface area contributed by atoms with E-state index in [0.29, 0.717) is 11.4 Å². The predicted octanol–water partition coefficient (Wildman–Crippen LogP) is 3.45. The lowest BCUT2D eigenvalue weighted by atomic mass is 9.94. The molecule has 0 bridgehead atoms. The van der Waals surface area contributed by atoms with E-state index in [1.54, 1.807) is 0 Å². The van der Waals surface area contributed by atoms with Crippen LogP contribution < -0.4 is 10.6 Å². The number of hydrogen-bond acceptors (Lipinski definition) is 3. The van der Waals surface area contributed by atoms with Crippen molar-refractivity contribution in [2.24, 2.45) is 0 Å². The first kappa shape index (κ1) is 14.0. The highest BCUT2D eigenvalue weighted by Gasteiger charge is 2.33. The summed E-state index contributed by atoms with van der Waals surface area (Å²) in [6.07, 6.45) is 2.09. The summed E-state index contributed by atoms with van der Waals surface area (Å²) in [4.78, 5) is 5.23. The number of nitrogens with zero attached hydrogens (tertiary/aromatic N) is 2. The van der Waals surface area contributed by atoms with Crippen molar-refractivity contribution < 1.29 is 13.2 Å². The van der Waals surface area contributed by atoms with Crippen LogP contribution in [0.15, 0.2) is 12.3 Å². The van der Waals surface area contributed by atoms with Crippen molar-refractivity contribution in [3.63, 3.8) is 0 Å². The highest BCUT2D eigenvalue weighted by atomic mass is 19.4. The molecule has 2 rings (SSSR count). The Morgan fingerprint density at radius 3 is 2.47 bits per heavy atom. The highest BCUT2D eigenvalue weighted by Crippen LogP contribution is 2.34. The quantitative estimate of drug-likeness (QED) is 0.897. The molecule has 1 aromatic heterocycles. The van der Waals surface area contributed by atoms with Crippen LogP contribution in [0.4, 0.5) is 24.5 Å². The lowest BCUT2D eigenvalue weighted by Crippen LogP contribution is -2.34. The molecule has 1 saturated carbocycles. The Balaban J connectivity index is 2.27. The van der Waals surface area contributed by atoms with Crippen LogP contribution in [0, 0.1) is 0 Å². The largest absolute Gasteiger partial charge is 0.433 e. The van der Waals surface area contributed by atoms with Gasteiger partial charge in [0.25, 0.3) is 0 Å². The zero-order chi connectivity index (χ0) is 14.0. The molecular weight excluding hydrogens is 255 g/mol. The molecule has 0 spiro atoms. The average molecular weight is 273 g/mol. The first-order valence-corrected chi connectivity index (χ1v) is 6.45. The number of hydrogen-bond donors (Lipinski definition) is 1. The second-order valence-electron chi connectivity index (χ2n) is 5.03. The second-order valence-corrected chi connectivity index (χ2v) is 5.03. The van der Waals surface area contributed by atoms with E-state index in [0.717, 1.165) is 37.9 Å². The van der Waals surface area contributed by atoms with Crippen LogP contribution in [-0.2, 0) is 6.18 Å². The van der Waals surface area contributed by atoms with Crippen molar-refractivity contribution >= 4 is 11.4 Å². The molecule has 1 aliphatic carbocycles. The molecule has 6 heteroatoms. The molecule has 2 N–H and O–H groups in total. The maximum atomic E-state index is 12.7. The first-order chi connectivity index (χ1) is 8.89. The SMILES string of the molecule is CN(c1cc(C(F)(F)F)ncc1N)C1CCCCC1. The minimum absolute atomic E-state index is 0.263. The predicted molar refractivity (Wildman–Crippen MR) is 68.9 cm³/mol. The van der Waals surface area contributed by atoms with Crippen LogP contribution in [-0.4, -0.2) is 18.1 Å². The molecule has 0 amide bonds. The van der Waals surface area contributed by atoms with Gasteiger partial charge in [-0.3, -0.25) is 0 Å². The molecule has 0 unspecified atom stereocenters. The molecule has 106 valence electrons. The lowest BCUT2D eigenvalue weighted by molar-refractivity contribution is -0.141. The molecule has 0 aliphatic heterocycles. The van der Waals surface area contributed by atoms with E-state index in [9.17, 15) is 13.2 Å². The first-order valence-electron chi connectivity index (χ1n) is 6.45. The normalized spacial score (nSPS) is 17.5. The van der Waals surface area contributed by atoms with E-state index in [4.69, 9.17) is 5.73 Å². The van der Waals surface area contributed by atoms with Gasteiger partial charge >= 0.3 is 6.18 Å². The Morgan fingerprint density at radius 1 is 1.26 bits per heavy atom. The van der Waals surface area contributed by atoms with E-state index >= 15 is 0 Å². The van der Waals surface area contributed by atoms with Gasteiger partial charge in [0.15, 0.2) is 0 Å². The molecule has 1 aromatic rings. The summed E-state index contributed by atoms with van der Waals surface area (Å²) in [5, 5.41) is 0. The molecule has 0 atom stereocenters. The second kappa shape index (κ2) is 5.27. The fourth-order valence-electron chi connectivity index (χ4n) is 2.58. The van der Waals surface area contributed by atoms with Crippen LogP contribution in [0.1, 0.15) is 37.8 Å². The van der Waals surface area contributed by atoms with Crippen molar-refractivity contribution in [1.29, 1.82) is 0 Å². The maximum absolute atomic E-state index is 12.7. The Bertz CT molecular complexity index is 439. The Hall–Kier alpha value is -1.46. The summed E-state index contributed by atoms with van der Waals surface area (Å²) in [6, 6.07) is 1.31. The number of anilines is 2. The standard InChI is InChI=1S/C13H18F3N3/c1-19(9-5-3-2-4-6-9)11-7-12(13(14,15)16)18-8-10(11)17/h7-9H,2-6,17H2,1H3. The third kappa shape index (κ3) is 3.11. The van der Waals surface area contributed by atoms with Crippen LogP contribution in [0.25, 0.3) is 0 Å². The molecule has 1 heterocycles. The molecule has 0 saturated heterocycles. The number of nitrogen functional groups attached to an aromatic ring is 1. The number of aromatic nitrogens is 1. The average Bonchev–Trinajstić information content (AvgIpc) is 2.38. The smallest absolute Gasteiger partial charge is 0.396 e. The van der Waals surface area contributed by atoms with E-state index in [1.165, 1.54) is 6.42 Å². The maximum Gasteiger partial charge on any atom is 0.433 e. The van der Waals surface area contributed by atoms with Gasteiger partial charge in [-0.2, -0.15) is 13.2 Å². The summed E-state index contributed by atoms with van der Waals surface area (Å²) in [6.45, 7) is 0. The van der Waals surface area contributed by atoms with Crippen LogP contribution in [0.5, 0.6) is 0 Å². The third-order valence-corrected chi connectivity index (χ3v) is 3.70. The van der Waals surface area contributed by atoms with Gasteiger partial charge in [-0.05, 0) is 18.9 Å². The molecule has 19 heavy (non-hydrogen) atoms. The molecule has 0 radical (unpaired) electrons. The number of halogens is 3. The highest BCUT2D eigenvalue weighted by molar-refractivity contribution is 5.67. The summed E-state index contributed by atoms with van der Waals surface area (Å²) in [7, 11) is 1.81. The summed E-state index contributed by atoms with van der Waals surface area (Å²) in [5.74, 6) is 0. The van der Waals surface area contributed by atoms with E-state index in [2.05, 4.69) is 4.98 Å². The summed E-state index contributed by atoms with van der Waals surface area (Å²) in [5.41, 5.74) is 5.60. The molecule has 3 nitrogen and oxygen atoms in total. The van der Waals surface area contributed by atoms with Crippen LogP contribution in [0.3, 0.4) is 0 Å². The summed E-state index contributed by atoms with van der Waals surface area (Å²) >= 11 is 0. The van der Waals surface area contributed by atoms with E-state index in [-0.39, 0.29) is 6.04 Å². The zero-order valence-electron chi connectivity index (χ0n) is 10.9. The van der Waals surface area contributed by atoms with Gasteiger partial charge in [0, 0.05) is 13.1 Å². The molecular formula is C13H18F3N3. The Labute approximate surface area is 110 Å². The van der Waals surface area contributed by atoms with Gasteiger partial charge < -0.3 is 10.6 Å². The molecule has 1 aliphatic rings. The number of alkyl halides is 3. The van der Waals surface area contributed by atoms with E-state index < -0.39 is 11.9 Å². The lowest BCUT2D eigenvalue weighted by Gasteiger charge is -2.33. The number of rotatable bonds is 2.